The Morgan fingerprint density at radius 1 is 1.35 bits per heavy atom. The highest BCUT2D eigenvalue weighted by Gasteiger charge is 2.21. The number of nitrogens with one attached hydrogen (secondary N) is 1. The van der Waals surface area contributed by atoms with E-state index < -0.39 is 0 Å². The van der Waals surface area contributed by atoms with Gasteiger partial charge in [0.1, 0.15) is 0 Å². The molecule has 0 aromatic carbocycles. The Balaban J connectivity index is 1.71. The average molecular weight is 280 g/mol. The average Bonchev–Trinajstić information content (AvgIpc) is 2.98. The lowest BCUT2D eigenvalue weighted by Crippen LogP contribution is -2.49. The van der Waals surface area contributed by atoms with E-state index in [2.05, 4.69) is 19.8 Å². The smallest absolute Gasteiger partial charge is 0.306 e. The van der Waals surface area contributed by atoms with Crippen LogP contribution in [-0.4, -0.2) is 71.7 Å². The molecule has 110 valence electrons. The van der Waals surface area contributed by atoms with Gasteiger partial charge in [-0.05, 0) is 6.07 Å². The van der Waals surface area contributed by atoms with E-state index in [0.717, 1.165) is 18.8 Å². The van der Waals surface area contributed by atoms with Crippen molar-refractivity contribution >= 4 is 11.9 Å². The molecule has 0 saturated carbocycles. The van der Waals surface area contributed by atoms with Crippen LogP contribution in [0, 0.1) is 0 Å². The first-order valence-corrected chi connectivity index (χ1v) is 6.74. The van der Waals surface area contributed by atoms with Gasteiger partial charge in [0.2, 0.25) is 5.91 Å². The number of carbonyl (C=O) groups is 2. The van der Waals surface area contributed by atoms with Gasteiger partial charge in [-0.25, -0.2) is 0 Å². The summed E-state index contributed by atoms with van der Waals surface area (Å²) in [6, 6.07) is 1.81. The first-order chi connectivity index (χ1) is 9.69. The van der Waals surface area contributed by atoms with Crippen LogP contribution in [0.4, 0.5) is 0 Å². The molecule has 0 spiro atoms. The molecule has 0 unspecified atom stereocenters. The van der Waals surface area contributed by atoms with Crippen LogP contribution < -0.4 is 0 Å². The zero-order valence-corrected chi connectivity index (χ0v) is 11.7. The number of methoxy groups -OCH3 is 1. The molecule has 1 amide bonds. The normalized spacial score (nSPS) is 16.1. The fraction of sp³-hybridized carbons (Fsp3) is 0.615. The van der Waals surface area contributed by atoms with E-state index in [0.29, 0.717) is 32.5 Å². The van der Waals surface area contributed by atoms with Crippen LogP contribution in [0.15, 0.2) is 12.3 Å². The number of carbonyl (C=O) groups excluding carboxylic acids is 2. The molecule has 1 aliphatic heterocycles. The largest absolute Gasteiger partial charge is 0.469 e. The van der Waals surface area contributed by atoms with Crippen molar-refractivity contribution < 1.29 is 14.3 Å². The lowest BCUT2D eigenvalue weighted by Gasteiger charge is -2.34. The lowest BCUT2D eigenvalue weighted by molar-refractivity contribution is -0.141. The van der Waals surface area contributed by atoms with E-state index in [1.807, 2.05) is 11.0 Å². The Kier molecular flexibility index (Phi) is 5.11. The summed E-state index contributed by atoms with van der Waals surface area (Å²) in [5, 5.41) is 6.63. The van der Waals surface area contributed by atoms with Crippen LogP contribution in [0.2, 0.25) is 0 Å². The zero-order chi connectivity index (χ0) is 14.4. The molecule has 0 bridgehead atoms. The van der Waals surface area contributed by atoms with Gasteiger partial charge >= 0.3 is 5.97 Å². The van der Waals surface area contributed by atoms with Gasteiger partial charge in [0.25, 0.3) is 0 Å². The van der Waals surface area contributed by atoms with Gasteiger partial charge in [0.05, 0.1) is 20.0 Å². The summed E-state index contributed by atoms with van der Waals surface area (Å²) in [6.45, 7) is 3.69. The summed E-state index contributed by atoms with van der Waals surface area (Å²) in [7, 11) is 1.40. The number of rotatable bonds is 5. The monoisotopic (exact) mass is 280 g/mol. The molecule has 1 fully saturated rings. The molecule has 1 aliphatic rings. The topological polar surface area (TPSA) is 78.5 Å². The van der Waals surface area contributed by atoms with Crippen molar-refractivity contribution in [3.8, 4) is 0 Å². The summed E-state index contributed by atoms with van der Waals surface area (Å²) in [4.78, 5) is 27.2. The van der Waals surface area contributed by atoms with E-state index in [4.69, 9.17) is 0 Å². The number of amides is 1. The van der Waals surface area contributed by atoms with Crippen LogP contribution >= 0.6 is 0 Å². The first-order valence-electron chi connectivity index (χ1n) is 6.74. The standard InChI is InChI=1S/C13H20N4O3/c1-20-13(19)3-5-16-6-8-17(9-7-16)12(18)10-11-2-4-14-15-11/h2,4H,3,5-10H2,1H3,(H,14,15). The van der Waals surface area contributed by atoms with Gasteiger partial charge in [-0.15, -0.1) is 0 Å². The molecule has 1 N–H and O–H groups in total. The van der Waals surface area contributed by atoms with E-state index in [-0.39, 0.29) is 11.9 Å². The van der Waals surface area contributed by atoms with Gasteiger partial charge < -0.3 is 9.64 Å². The second-order valence-electron chi connectivity index (χ2n) is 4.81. The predicted octanol–water partition coefficient (Wildman–Crippen LogP) is -0.340. The number of hydrogen-bond donors (Lipinski definition) is 1. The number of hydrogen-bond acceptors (Lipinski definition) is 5. The van der Waals surface area contributed by atoms with Crippen molar-refractivity contribution in [2.24, 2.45) is 0 Å². The number of nitrogens with zero attached hydrogens (tertiary/aromatic N) is 3. The lowest BCUT2D eigenvalue weighted by atomic mass is 10.2. The van der Waals surface area contributed by atoms with Crippen molar-refractivity contribution in [1.29, 1.82) is 0 Å². The maximum absolute atomic E-state index is 12.1. The van der Waals surface area contributed by atoms with E-state index in [9.17, 15) is 9.59 Å². The van der Waals surface area contributed by atoms with Gasteiger partial charge in [0, 0.05) is 44.6 Å². The van der Waals surface area contributed by atoms with Crippen LogP contribution in [0.3, 0.4) is 0 Å². The summed E-state index contributed by atoms with van der Waals surface area (Å²) in [6.07, 6.45) is 2.41. The molecule has 7 nitrogen and oxygen atoms in total. The molecule has 2 heterocycles. The van der Waals surface area contributed by atoms with Crippen molar-refractivity contribution in [2.45, 2.75) is 12.8 Å². The summed E-state index contributed by atoms with van der Waals surface area (Å²) in [5.41, 5.74) is 0.836. The molecular formula is C13H20N4O3. The maximum atomic E-state index is 12.1. The van der Waals surface area contributed by atoms with Crippen molar-refractivity contribution in [1.82, 2.24) is 20.0 Å². The number of piperazine rings is 1. The minimum absolute atomic E-state index is 0.113. The Bertz CT molecular complexity index is 438. The molecule has 1 saturated heterocycles. The van der Waals surface area contributed by atoms with E-state index >= 15 is 0 Å². The maximum Gasteiger partial charge on any atom is 0.306 e. The molecule has 0 radical (unpaired) electrons. The minimum Gasteiger partial charge on any atom is -0.469 e. The fourth-order valence-corrected chi connectivity index (χ4v) is 2.23. The molecule has 1 aromatic heterocycles. The van der Waals surface area contributed by atoms with Gasteiger partial charge in [-0.1, -0.05) is 0 Å². The second kappa shape index (κ2) is 7.04. The molecular weight excluding hydrogens is 260 g/mol. The SMILES string of the molecule is COC(=O)CCN1CCN(C(=O)Cc2ccn[nH]2)CC1. The highest BCUT2D eigenvalue weighted by molar-refractivity contribution is 5.78. The molecule has 0 atom stereocenters. The quantitative estimate of drug-likeness (QED) is 0.747. The van der Waals surface area contributed by atoms with Gasteiger partial charge in [-0.3, -0.25) is 19.6 Å². The Morgan fingerprint density at radius 3 is 2.70 bits per heavy atom. The Labute approximate surface area is 117 Å². The van der Waals surface area contributed by atoms with Crippen molar-refractivity contribution in [3.63, 3.8) is 0 Å². The fourth-order valence-electron chi connectivity index (χ4n) is 2.23. The third-order valence-electron chi connectivity index (χ3n) is 3.48. The summed E-state index contributed by atoms with van der Waals surface area (Å²) < 4.78 is 4.62. The molecule has 7 heteroatoms. The number of esters is 1. The number of aromatic nitrogens is 2. The van der Waals surface area contributed by atoms with E-state index in [1.54, 1.807) is 6.20 Å². The number of aromatic amines is 1. The van der Waals surface area contributed by atoms with Crippen LogP contribution in [0.1, 0.15) is 12.1 Å². The molecule has 2 rings (SSSR count). The number of ether oxygens (including phenoxy) is 1. The van der Waals surface area contributed by atoms with Gasteiger partial charge in [-0.2, -0.15) is 5.10 Å². The van der Waals surface area contributed by atoms with Crippen LogP contribution in [0.5, 0.6) is 0 Å². The van der Waals surface area contributed by atoms with Crippen LogP contribution in [0.25, 0.3) is 0 Å². The van der Waals surface area contributed by atoms with Gasteiger partial charge in [0.15, 0.2) is 0 Å². The van der Waals surface area contributed by atoms with Crippen LogP contribution in [-0.2, 0) is 20.7 Å². The Hall–Kier alpha value is -1.89. The van der Waals surface area contributed by atoms with Crippen molar-refractivity contribution in [3.05, 3.63) is 18.0 Å². The number of H-pyrrole nitrogens is 1. The predicted molar refractivity (Wildman–Crippen MR) is 71.9 cm³/mol. The summed E-state index contributed by atoms with van der Waals surface area (Å²) >= 11 is 0. The van der Waals surface area contributed by atoms with Crippen molar-refractivity contribution in [2.75, 3.05) is 39.8 Å². The third kappa shape index (κ3) is 4.06. The third-order valence-corrected chi connectivity index (χ3v) is 3.48. The molecule has 1 aromatic rings. The zero-order valence-electron chi connectivity index (χ0n) is 11.7. The minimum atomic E-state index is -0.192. The molecule has 0 aliphatic carbocycles. The second-order valence-corrected chi connectivity index (χ2v) is 4.81. The summed E-state index contributed by atoms with van der Waals surface area (Å²) in [5.74, 6) is -0.0791. The molecule has 20 heavy (non-hydrogen) atoms. The van der Waals surface area contributed by atoms with E-state index in [1.165, 1.54) is 7.11 Å². The first kappa shape index (κ1) is 14.5. The highest BCUT2D eigenvalue weighted by Crippen LogP contribution is 2.06. The Morgan fingerprint density at radius 2 is 2.10 bits per heavy atom. The highest BCUT2D eigenvalue weighted by atomic mass is 16.5.